The van der Waals surface area contributed by atoms with Gasteiger partial charge in [0, 0.05) is 25.7 Å². The first kappa shape index (κ1) is 10.3. The lowest BCUT2D eigenvalue weighted by atomic mass is 10.2. The Kier molecular flexibility index (Phi) is 2.40. The number of aromatic nitrogens is 3. The van der Waals surface area contributed by atoms with E-state index in [0.29, 0.717) is 17.3 Å². The third-order valence-corrected chi connectivity index (χ3v) is 2.26. The molecule has 1 aromatic carbocycles. The molecule has 0 aliphatic heterocycles. The van der Waals surface area contributed by atoms with E-state index in [1.807, 2.05) is 0 Å². The van der Waals surface area contributed by atoms with Crippen LogP contribution in [0.15, 0.2) is 18.2 Å². The van der Waals surface area contributed by atoms with E-state index in [-0.39, 0.29) is 11.5 Å². The van der Waals surface area contributed by atoms with E-state index in [1.165, 1.54) is 18.2 Å². The van der Waals surface area contributed by atoms with Gasteiger partial charge >= 0.3 is 0 Å². The minimum Gasteiger partial charge on any atom is -0.508 e. The Morgan fingerprint density at radius 2 is 1.75 bits per heavy atom. The number of phenols is 2. The van der Waals surface area contributed by atoms with Crippen molar-refractivity contribution in [3.8, 4) is 22.9 Å². The molecule has 0 unspecified atom stereocenters. The highest BCUT2D eigenvalue weighted by atomic mass is 16.3. The van der Waals surface area contributed by atoms with Crippen LogP contribution in [0.2, 0.25) is 0 Å². The van der Waals surface area contributed by atoms with Crippen molar-refractivity contribution in [2.75, 3.05) is 12.4 Å². The van der Waals surface area contributed by atoms with Gasteiger partial charge in [-0.2, -0.15) is 0 Å². The Labute approximate surface area is 92.2 Å². The van der Waals surface area contributed by atoms with Crippen LogP contribution in [-0.2, 0) is 7.05 Å². The topological polar surface area (TPSA) is 83.2 Å². The van der Waals surface area contributed by atoms with Crippen molar-refractivity contribution < 1.29 is 10.2 Å². The number of phenolic OH excluding ortho intramolecular Hbond substituents is 2. The van der Waals surface area contributed by atoms with Crippen LogP contribution in [0.5, 0.6) is 11.5 Å². The number of hydrogen-bond acceptors (Lipinski definition) is 5. The van der Waals surface area contributed by atoms with Crippen LogP contribution in [0.3, 0.4) is 0 Å². The van der Waals surface area contributed by atoms with Crippen LogP contribution in [0.1, 0.15) is 0 Å². The quantitative estimate of drug-likeness (QED) is 0.701. The van der Waals surface area contributed by atoms with Crippen molar-refractivity contribution in [3.05, 3.63) is 18.2 Å². The van der Waals surface area contributed by atoms with Gasteiger partial charge in [0.25, 0.3) is 0 Å². The van der Waals surface area contributed by atoms with Crippen molar-refractivity contribution in [1.82, 2.24) is 14.8 Å². The second-order valence-corrected chi connectivity index (χ2v) is 3.39. The predicted molar refractivity (Wildman–Crippen MR) is 59.3 cm³/mol. The monoisotopic (exact) mass is 220 g/mol. The molecule has 0 saturated carbocycles. The van der Waals surface area contributed by atoms with Gasteiger partial charge in [0.15, 0.2) is 5.82 Å². The standard InChI is InChI=1S/C10H12N4O2/c1-11-10-13-12-9(14(10)2)6-3-7(15)5-8(16)4-6/h3-5,15-16H,1-2H3,(H,11,13). The molecule has 0 amide bonds. The Balaban J connectivity index is 2.54. The summed E-state index contributed by atoms with van der Waals surface area (Å²) in [7, 11) is 3.54. The maximum Gasteiger partial charge on any atom is 0.224 e. The van der Waals surface area contributed by atoms with Crippen LogP contribution < -0.4 is 5.32 Å². The van der Waals surface area contributed by atoms with E-state index in [0.717, 1.165) is 0 Å². The molecule has 3 N–H and O–H groups in total. The number of rotatable bonds is 2. The van der Waals surface area contributed by atoms with E-state index in [4.69, 9.17) is 0 Å². The SMILES string of the molecule is CNc1nnc(-c2cc(O)cc(O)c2)n1C. The van der Waals surface area contributed by atoms with Crippen molar-refractivity contribution in [2.24, 2.45) is 7.05 Å². The molecule has 6 nitrogen and oxygen atoms in total. The normalized spacial score (nSPS) is 10.4. The number of benzene rings is 1. The van der Waals surface area contributed by atoms with Gasteiger partial charge in [-0.15, -0.1) is 10.2 Å². The molecular formula is C10H12N4O2. The highest BCUT2D eigenvalue weighted by Crippen LogP contribution is 2.27. The summed E-state index contributed by atoms with van der Waals surface area (Å²) in [6.07, 6.45) is 0. The molecule has 0 atom stereocenters. The second-order valence-electron chi connectivity index (χ2n) is 3.39. The molecular weight excluding hydrogens is 208 g/mol. The van der Waals surface area contributed by atoms with Crippen molar-refractivity contribution in [2.45, 2.75) is 0 Å². The van der Waals surface area contributed by atoms with E-state index in [9.17, 15) is 10.2 Å². The Morgan fingerprint density at radius 1 is 1.12 bits per heavy atom. The van der Waals surface area contributed by atoms with Gasteiger partial charge in [-0.25, -0.2) is 0 Å². The zero-order valence-corrected chi connectivity index (χ0v) is 8.97. The molecule has 84 valence electrons. The fraction of sp³-hybridized carbons (Fsp3) is 0.200. The predicted octanol–water partition coefficient (Wildman–Crippen LogP) is 0.935. The summed E-state index contributed by atoms with van der Waals surface area (Å²) in [5.74, 6) is 1.15. The average Bonchev–Trinajstić information content (AvgIpc) is 2.58. The zero-order chi connectivity index (χ0) is 11.7. The first-order valence-electron chi connectivity index (χ1n) is 4.72. The maximum atomic E-state index is 9.38. The lowest BCUT2D eigenvalue weighted by molar-refractivity contribution is 0.451. The number of nitrogens with one attached hydrogen (secondary N) is 1. The van der Waals surface area contributed by atoms with E-state index in [2.05, 4.69) is 15.5 Å². The number of nitrogens with zero attached hydrogens (tertiary/aromatic N) is 3. The third-order valence-electron chi connectivity index (χ3n) is 2.26. The Morgan fingerprint density at radius 3 is 2.25 bits per heavy atom. The average molecular weight is 220 g/mol. The van der Waals surface area contributed by atoms with Gasteiger partial charge in [0.1, 0.15) is 11.5 Å². The van der Waals surface area contributed by atoms with Crippen molar-refractivity contribution >= 4 is 5.95 Å². The zero-order valence-electron chi connectivity index (χ0n) is 8.97. The highest BCUT2D eigenvalue weighted by molar-refractivity contribution is 5.62. The molecule has 0 radical (unpaired) electrons. The largest absolute Gasteiger partial charge is 0.508 e. The molecule has 0 fully saturated rings. The van der Waals surface area contributed by atoms with Gasteiger partial charge < -0.3 is 15.5 Å². The Bertz CT molecular complexity index is 501. The van der Waals surface area contributed by atoms with Crippen LogP contribution >= 0.6 is 0 Å². The summed E-state index contributed by atoms with van der Waals surface area (Å²) in [6, 6.07) is 4.30. The van der Waals surface area contributed by atoms with Gasteiger partial charge in [0.05, 0.1) is 0 Å². The molecule has 1 heterocycles. The molecule has 2 rings (SSSR count). The Hall–Kier alpha value is -2.24. The molecule has 16 heavy (non-hydrogen) atoms. The molecule has 6 heteroatoms. The summed E-state index contributed by atoms with van der Waals surface area (Å²) < 4.78 is 1.73. The highest BCUT2D eigenvalue weighted by Gasteiger charge is 2.11. The van der Waals surface area contributed by atoms with E-state index in [1.54, 1.807) is 18.7 Å². The molecule has 0 spiro atoms. The van der Waals surface area contributed by atoms with Gasteiger partial charge in [-0.05, 0) is 12.1 Å². The lowest BCUT2D eigenvalue weighted by Gasteiger charge is -2.04. The summed E-state index contributed by atoms with van der Waals surface area (Å²) in [4.78, 5) is 0. The number of aromatic hydroxyl groups is 2. The number of anilines is 1. The summed E-state index contributed by atoms with van der Waals surface area (Å²) in [5, 5.41) is 29.5. The van der Waals surface area contributed by atoms with Gasteiger partial charge in [-0.1, -0.05) is 0 Å². The first-order chi connectivity index (χ1) is 7.61. The molecule has 0 aliphatic carbocycles. The third kappa shape index (κ3) is 1.65. The fourth-order valence-corrected chi connectivity index (χ4v) is 1.52. The van der Waals surface area contributed by atoms with E-state index >= 15 is 0 Å². The fourth-order valence-electron chi connectivity index (χ4n) is 1.52. The van der Waals surface area contributed by atoms with Crippen molar-refractivity contribution in [1.29, 1.82) is 0 Å². The van der Waals surface area contributed by atoms with Gasteiger partial charge in [-0.3, -0.25) is 4.57 Å². The summed E-state index contributed by atoms with van der Waals surface area (Å²) in [6.45, 7) is 0. The molecule has 0 bridgehead atoms. The minimum absolute atomic E-state index is 0.0102. The molecule has 1 aromatic heterocycles. The first-order valence-corrected chi connectivity index (χ1v) is 4.72. The summed E-state index contributed by atoms with van der Waals surface area (Å²) >= 11 is 0. The van der Waals surface area contributed by atoms with Crippen LogP contribution in [0.25, 0.3) is 11.4 Å². The smallest absolute Gasteiger partial charge is 0.224 e. The molecule has 0 aliphatic rings. The second kappa shape index (κ2) is 3.73. The summed E-state index contributed by atoms with van der Waals surface area (Å²) in [5.41, 5.74) is 0.606. The molecule has 2 aromatic rings. The van der Waals surface area contributed by atoms with Crippen LogP contribution in [0.4, 0.5) is 5.95 Å². The van der Waals surface area contributed by atoms with Gasteiger partial charge in [0.2, 0.25) is 5.95 Å². The van der Waals surface area contributed by atoms with Crippen LogP contribution in [0, 0.1) is 0 Å². The lowest BCUT2D eigenvalue weighted by Crippen LogP contribution is -1.99. The molecule has 0 saturated heterocycles. The number of hydrogen-bond donors (Lipinski definition) is 3. The van der Waals surface area contributed by atoms with Crippen molar-refractivity contribution in [3.63, 3.8) is 0 Å². The van der Waals surface area contributed by atoms with Crippen LogP contribution in [-0.4, -0.2) is 32.0 Å². The van der Waals surface area contributed by atoms with E-state index < -0.39 is 0 Å². The minimum atomic E-state index is -0.0102. The maximum absolute atomic E-state index is 9.38.